The van der Waals surface area contributed by atoms with Gasteiger partial charge in [-0.1, -0.05) is 12.1 Å². The second-order valence-corrected chi connectivity index (χ2v) is 5.76. The van der Waals surface area contributed by atoms with E-state index in [2.05, 4.69) is 48.2 Å². The Morgan fingerprint density at radius 1 is 1.17 bits per heavy atom. The zero-order chi connectivity index (χ0) is 13.0. The van der Waals surface area contributed by atoms with Crippen molar-refractivity contribution in [1.29, 1.82) is 0 Å². The molecule has 0 atom stereocenters. The number of hydrogen-bond acceptors (Lipinski definition) is 2. The minimum atomic E-state index is 0.602. The molecule has 0 amide bonds. The second-order valence-electron chi connectivity index (χ2n) is 5.49. The van der Waals surface area contributed by atoms with Crippen molar-refractivity contribution < 1.29 is 0 Å². The van der Waals surface area contributed by atoms with Gasteiger partial charge in [-0.05, 0) is 50.6 Å². The average molecular weight is 267 g/mol. The van der Waals surface area contributed by atoms with Crippen molar-refractivity contribution in [3.63, 3.8) is 0 Å². The molecule has 1 heterocycles. The highest BCUT2D eigenvalue weighted by Gasteiger charge is 2.19. The molecule has 2 nitrogen and oxygen atoms in total. The average Bonchev–Trinajstić information content (AvgIpc) is 2.39. The maximum absolute atomic E-state index is 5.81. The zero-order valence-corrected chi connectivity index (χ0v) is 12.2. The Hall–Kier alpha value is -0.730. The smallest absolute Gasteiger partial charge is 0.0474 e. The Morgan fingerprint density at radius 2 is 1.78 bits per heavy atom. The number of benzene rings is 1. The maximum Gasteiger partial charge on any atom is 0.0474 e. The van der Waals surface area contributed by atoms with Crippen LogP contribution in [-0.2, 0) is 5.88 Å². The van der Waals surface area contributed by atoms with Gasteiger partial charge in [0, 0.05) is 31.2 Å². The number of piperidine rings is 1. The molecule has 1 fully saturated rings. The molecule has 1 aromatic carbocycles. The predicted octanol–water partition coefficient (Wildman–Crippen LogP) is 3.20. The quantitative estimate of drug-likeness (QED) is 0.773. The van der Waals surface area contributed by atoms with Crippen LogP contribution in [0.4, 0.5) is 5.69 Å². The third-order valence-corrected chi connectivity index (χ3v) is 4.00. The van der Waals surface area contributed by atoms with Gasteiger partial charge in [0.05, 0.1) is 0 Å². The Morgan fingerprint density at radius 3 is 2.28 bits per heavy atom. The highest BCUT2D eigenvalue weighted by Crippen LogP contribution is 2.24. The van der Waals surface area contributed by atoms with E-state index in [-0.39, 0.29) is 0 Å². The van der Waals surface area contributed by atoms with Gasteiger partial charge in [-0.15, -0.1) is 11.6 Å². The predicted molar refractivity (Wildman–Crippen MR) is 79.5 cm³/mol. The molecular formula is C15H23ClN2. The van der Waals surface area contributed by atoms with Crippen molar-refractivity contribution >= 4 is 17.3 Å². The van der Waals surface area contributed by atoms with Crippen molar-refractivity contribution in [3.05, 3.63) is 29.8 Å². The van der Waals surface area contributed by atoms with Crippen LogP contribution in [0, 0.1) is 5.92 Å². The first-order valence-electron chi connectivity index (χ1n) is 6.73. The standard InChI is InChI=1S/C15H23ClN2/c1-17(2)12-14-7-9-18(10-8-14)15-5-3-13(11-16)4-6-15/h3-6,14H,7-12H2,1-2H3. The summed E-state index contributed by atoms with van der Waals surface area (Å²) in [5.74, 6) is 1.46. The molecule has 0 aromatic heterocycles. The molecule has 0 N–H and O–H groups in total. The summed E-state index contributed by atoms with van der Waals surface area (Å²) in [5, 5.41) is 0. The van der Waals surface area contributed by atoms with Crippen molar-refractivity contribution in [3.8, 4) is 0 Å². The summed E-state index contributed by atoms with van der Waals surface area (Å²) in [6, 6.07) is 8.66. The molecule has 100 valence electrons. The van der Waals surface area contributed by atoms with E-state index in [1.807, 2.05) is 0 Å². The molecule has 1 aromatic rings. The van der Waals surface area contributed by atoms with Gasteiger partial charge in [0.15, 0.2) is 0 Å². The van der Waals surface area contributed by atoms with E-state index in [1.54, 1.807) is 0 Å². The van der Waals surface area contributed by atoms with Crippen molar-refractivity contribution in [1.82, 2.24) is 4.90 Å². The summed E-state index contributed by atoms with van der Waals surface area (Å²) in [6.07, 6.45) is 2.60. The monoisotopic (exact) mass is 266 g/mol. The minimum absolute atomic E-state index is 0.602. The number of hydrogen-bond donors (Lipinski definition) is 0. The van der Waals surface area contributed by atoms with Gasteiger partial charge in [0.1, 0.15) is 0 Å². The Bertz CT molecular complexity index is 353. The van der Waals surface area contributed by atoms with E-state index in [9.17, 15) is 0 Å². The van der Waals surface area contributed by atoms with E-state index in [1.165, 1.54) is 43.7 Å². The fourth-order valence-electron chi connectivity index (χ4n) is 2.69. The highest BCUT2D eigenvalue weighted by atomic mass is 35.5. The van der Waals surface area contributed by atoms with E-state index in [4.69, 9.17) is 11.6 Å². The van der Waals surface area contributed by atoms with Crippen LogP contribution in [0.1, 0.15) is 18.4 Å². The number of alkyl halides is 1. The minimum Gasteiger partial charge on any atom is -0.372 e. The van der Waals surface area contributed by atoms with E-state index < -0.39 is 0 Å². The number of anilines is 1. The SMILES string of the molecule is CN(C)CC1CCN(c2ccc(CCl)cc2)CC1. The molecule has 3 heteroatoms. The lowest BCUT2D eigenvalue weighted by Crippen LogP contribution is -2.37. The van der Waals surface area contributed by atoms with Gasteiger partial charge in [-0.3, -0.25) is 0 Å². The Balaban J connectivity index is 1.88. The van der Waals surface area contributed by atoms with Gasteiger partial charge >= 0.3 is 0 Å². The normalized spacial score (nSPS) is 17.4. The van der Waals surface area contributed by atoms with Crippen LogP contribution in [0.3, 0.4) is 0 Å². The van der Waals surface area contributed by atoms with Crippen LogP contribution in [0.2, 0.25) is 0 Å². The fourth-order valence-corrected chi connectivity index (χ4v) is 2.86. The first kappa shape index (κ1) is 13.7. The highest BCUT2D eigenvalue weighted by molar-refractivity contribution is 6.17. The largest absolute Gasteiger partial charge is 0.372 e. The molecule has 1 aliphatic heterocycles. The molecular weight excluding hydrogens is 244 g/mol. The van der Waals surface area contributed by atoms with Crippen LogP contribution in [-0.4, -0.2) is 38.6 Å². The molecule has 1 aliphatic rings. The summed E-state index contributed by atoms with van der Waals surface area (Å²) in [6.45, 7) is 3.58. The third-order valence-electron chi connectivity index (χ3n) is 3.69. The van der Waals surface area contributed by atoms with Crippen LogP contribution in [0.15, 0.2) is 24.3 Å². The molecule has 0 radical (unpaired) electrons. The van der Waals surface area contributed by atoms with Crippen molar-refractivity contribution in [2.75, 3.05) is 38.6 Å². The molecule has 0 saturated carbocycles. The van der Waals surface area contributed by atoms with Gasteiger partial charge < -0.3 is 9.80 Å². The number of halogens is 1. The Labute approximate surface area is 116 Å². The third kappa shape index (κ3) is 3.63. The van der Waals surface area contributed by atoms with Crippen LogP contribution in [0.5, 0.6) is 0 Å². The van der Waals surface area contributed by atoms with Crippen molar-refractivity contribution in [2.24, 2.45) is 5.92 Å². The molecule has 18 heavy (non-hydrogen) atoms. The lowest BCUT2D eigenvalue weighted by molar-refractivity contribution is 0.285. The number of nitrogens with zero attached hydrogens (tertiary/aromatic N) is 2. The Kier molecular flexibility index (Phi) is 4.90. The van der Waals surface area contributed by atoms with Gasteiger partial charge in [-0.2, -0.15) is 0 Å². The van der Waals surface area contributed by atoms with Crippen LogP contribution in [0.25, 0.3) is 0 Å². The summed E-state index contributed by atoms with van der Waals surface area (Å²) in [4.78, 5) is 4.79. The summed E-state index contributed by atoms with van der Waals surface area (Å²) >= 11 is 5.81. The first-order chi connectivity index (χ1) is 8.69. The van der Waals surface area contributed by atoms with Gasteiger partial charge in [-0.25, -0.2) is 0 Å². The van der Waals surface area contributed by atoms with E-state index in [0.717, 1.165) is 5.92 Å². The molecule has 1 saturated heterocycles. The van der Waals surface area contributed by atoms with Gasteiger partial charge in [0.25, 0.3) is 0 Å². The summed E-state index contributed by atoms with van der Waals surface area (Å²) < 4.78 is 0. The van der Waals surface area contributed by atoms with Crippen molar-refractivity contribution in [2.45, 2.75) is 18.7 Å². The van der Waals surface area contributed by atoms with E-state index in [0.29, 0.717) is 5.88 Å². The summed E-state index contributed by atoms with van der Waals surface area (Å²) in [7, 11) is 4.33. The zero-order valence-electron chi connectivity index (χ0n) is 11.4. The lowest BCUT2D eigenvalue weighted by Gasteiger charge is -2.34. The maximum atomic E-state index is 5.81. The van der Waals surface area contributed by atoms with E-state index >= 15 is 0 Å². The topological polar surface area (TPSA) is 6.48 Å². The van der Waals surface area contributed by atoms with Crippen LogP contribution >= 0.6 is 11.6 Å². The molecule has 0 bridgehead atoms. The molecule has 0 spiro atoms. The first-order valence-corrected chi connectivity index (χ1v) is 7.27. The second kappa shape index (κ2) is 6.44. The molecule has 0 unspecified atom stereocenters. The van der Waals surface area contributed by atoms with Crippen LogP contribution < -0.4 is 4.90 Å². The summed E-state index contributed by atoms with van der Waals surface area (Å²) in [5.41, 5.74) is 2.54. The lowest BCUT2D eigenvalue weighted by atomic mass is 9.96. The molecule has 2 rings (SSSR count). The number of rotatable bonds is 4. The molecule has 0 aliphatic carbocycles. The van der Waals surface area contributed by atoms with Gasteiger partial charge in [0.2, 0.25) is 0 Å². The fraction of sp³-hybridized carbons (Fsp3) is 0.600.